The van der Waals surface area contributed by atoms with E-state index in [9.17, 15) is 9.59 Å². The van der Waals surface area contributed by atoms with Crippen LogP contribution in [0.3, 0.4) is 0 Å². The summed E-state index contributed by atoms with van der Waals surface area (Å²) in [6, 6.07) is 0.198. The van der Waals surface area contributed by atoms with Gasteiger partial charge in [0, 0.05) is 25.0 Å². The molecular weight excluding hydrogens is 338 g/mol. The number of ketones is 1. The first kappa shape index (κ1) is 23.0. The van der Waals surface area contributed by atoms with Gasteiger partial charge in [0.2, 0.25) is 5.91 Å². The molecule has 0 aromatic rings. The van der Waals surface area contributed by atoms with E-state index in [1.165, 1.54) is 0 Å². The van der Waals surface area contributed by atoms with E-state index in [0.717, 1.165) is 25.7 Å². The zero-order chi connectivity index (χ0) is 19.0. The standard InChI is InChI=1S/C19H35NO6/c1-3-23-10-11-25-14-15-26-13-12-24-9-8-19(22)20-18-6-4-17(5-7-18)16(2)21/h17-18H,3-15H2,1-2H3,(H,20,22)/t17-,18+. The second-order valence-corrected chi connectivity index (χ2v) is 6.51. The second kappa shape index (κ2) is 15.1. The molecule has 0 unspecified atom stereocenters. The van der Waals surface area contributed by atoms with Crippen molar-refractivity contribution in [1.82, 2.24) is 5.32 Å². The highest BCUT2D eigenvalue weighted by molar-refractivity contribution is 5.78. The summed E-state index contributed by atoms with van der Waals surface area (Å²) in [6.45, 7) is 7.92. The maximum absolute atomic E-state index is 11.9. The normalized spacial score (nSPS) is 20.1. The van der Waals surface area contributed by atoms with E-state index < -0.39 is 0 Å². The highest BCUT2D eigenvalue weighted by Crippen LogP contribution is 2.24. The summed E-state index contributed by atoms with van der Waals surface area (Å²) in [5.74, 6) is 0.462. The van der Waals surface area contributed by atoms with Crippen molar-refractivity contribution in [3.63, 3.8) is 0 Å². The molecule has 1 aliphatic carbocycles. The Morgan fingerprint density at radius 3 is 1.81 bits per heavy atom. The fraction of sp³-hybridized carbons (Fsp3) is 0.895. The second-order valence-electron chi connectivity index (χ2n) is 6.51. The average molecular weight is 373 g/mol. The van der Waals surface area contributed by atoms with Gasteiger partial charge in [-0.3, -0.25) is 9.59 Å². The Morgan fingerprint density at radius 1 is 0.808 bits per heavy atom. The van der Waals surface area contributed by atoms with Crippen molar-refractivity contribution in [2.24, 2.45) is 5.92 Å². The zero-order valence-corrected chi connectivity index (χ0v) is 16.3. The van der Waals surface area contributed by atoms with Crippen molar-refractivity contribution >= 4 is 11.7 Å². The number of nitrogens with one attached hydrogen (secondary N) is 1. The van der Waals surface area contributed by atoms with Crippen LogP contribution in [-0.2, 0) is 28.5 Å². The van der Waals surface area contributed by atoms with Crippen LogP contribution in [0.4, 0.5) is 0 Å². The van der Waals surface area contributed by atoms with Gasteiger partial charge in [-0.1, -0.05) is 0 Å². The lowest BCUT2D eigenvalue weighted by Gasteiger charge is -2.27. The Kier molecular flexibility index (Phi) is 13.4. The van der Waals surface area contributed by atoms with Crippen molar-refractivity contribution in [1.29, 1.82) is 0 Å². The van der Waals surface area contributed by atoms with E-state index in [2.05, 4.69) is 5.32 Å². The van der Waals surface area contributed by atoms with Crippen LogP contribution in [0.25, 0.3) is 0 Å². The maximum Gasteiger partial charge on any atom is 0.222 e. The molecule has 1 fully saturated rings. The molecule has 0 atom stereocenters. The fourth-order valence-electron chi connectivity index (χ4n) is 2.91. The molecule has 1 saturated carbocycles. The molecule has 1 rings (SSSR count). The highest BCUT2D eigenvalue weighted by atomic mass is 16.6. The van der Waals surface area contributed by atoms with E-state index in [1.807, 2.05) is 6.92 Å². The van der Waals surface area contributed by atoms with Crippen LogP contribution in [0, 0.1) is 5.92 Å². The highest BCUT2D eigenvalue weighted by Gasteiger charge is 2.24. The molecule has 7 nitrogen and oxygen atoms in total. The van der Waals surface area contributed by atoms with Crippen LogP contribution in [0.15, 0.2) is 0 Å². The van der Waals surface area contributed by atoms with Gasteiger partial charge < -0.3 is 24.3 Å². The van der Waals surface area contributed by atoms with E-state index in [0.29, 0.717) is 59.3 Å². The maximum atomic E-state index is 11.9. The number of rotatable bonds is 15. The predicted octanol–water partition coefficient (Wildman–Crippen LogP) is 1.73. The number of amides is 1. The van der Waals surface area contributed by atoms with Crippen molar-refractivity contribution in [3.05, 3.63) is 0 Å². The fourth-order valence-corrected chi connectivity index (χ4v) is 2.91. The first-order valence-electron chi connectivity index (χ1n) is 9.74. The molecule has 0 heterocycles. The lowest BCUT2D eigenvalue weighted by molar-refractivity contribution is -0.123. The predicted molar refractivity (Wildman–Crippen MR) is 98.1 cm³/mol. The van der Waals surface area contributed by atoms with Gasteiger partial charge in [0.05, 0.1) is 46.2 Å². The van der Waals surface area contributed by atoms with E-state index in [4.69, 9.17) is 18.9 Å². The van der Waals surface area contributed by atoms with Gasteiger partial charge in [-0.15, -0.1) is 0 Å². The zero-order valence-electron chi connectivity index (χ0n) is 16.3. The topological polar surface area (TPSA) is 83.1 Å². The molecule has 0 aromatic heterocycles. The molecule has 1 aliphatic rings. The minimum absolute atomic E-state index is 0.0138. The van der Waals surface area contributed by atoms with Gasteiger partial charge in [0.25, 0.3) is 0 Å². The van der Waals surface area contributed by atoms with Crippen molar-refractivity contribution in [2.75, 3.05) is 52.9 Å². The first-order valence-corrected chi connectivity index (χ1v) is 9.74. The molecule has 7 heteroatoms. The first-order chi connectivity index (χ1) is 12.6. The molecule has 0 aliphatic heterocycles. The lowest BCUT2D eigenvalue weighted by Crippen LogP contribution is -2.38. The molecule has 1 amide bonds. The van der Waals surface area contributed by atoms with Gasteiger partial charge in [0.15, 0.2) is 0 Å². The third-order valence-electron chi connectivity index (χ3n) is 4.46. The lowest BCUT2D eigenvalue weighted by atomic mass is 9.84. The van der Waals surface area contributed by atoms with Crippen LogP contribution in [-0.4, -0.2) is 70.6 Å². The number of carbonyl (C=O) groups excluding carboxylic acids is 2. The molecular formula is C19H35NO6. The van der Waals surface area contributed by atoms with E-state index in [-0.39, 0.29) is 23.7 Å². The molecule has 26 heavy (non-hydrogen) atoms. The van der Waals surface area contributed by atoms with Crippen LogP contribution in [0.1, 0.15) is 46.0 Å². The molecule has 0 radical (unpaired) electrons. The minimum atomic E-state index is 0.0138. The summed E-state index contributed by atoms with van der Waals surface area (Å²) >= 11 is 0. The smallest absolute Gasteiger partial charge is 0.222 e. The van der Waals surface area contributed by atoms with Crippen molar-refractivity contribution in [2.45, 2.75) is 52.0 Å². The van der Waals surface area contributed by atoms with Gasteiger partial charge in [-0.05, 0) is 39.5 Å². The third-order valence-corrected chi connectivity index (χ3v) is 4.46. The van der Waals surface area contributed by atoms with E-state index in [1.54, 1.807) is 6.92 Å². The molecule has 152 valence electrons. The van der Waals surface area contributed by atoms with E-state index >= 15 is 0 Å². The van der Waals surface area contributed by atoms with Gasteiger partial charge in [0.1, 0.15) is 5.78 Å². The number of hydrogen-bond acceptors (Lipinski definition) is 6. The van der Waals surface area contributed by atoms with Crippen molar-refractivity contribution in [3.8, 4) is 0 Å². The van der Waals surface area contributed by atoms with Crippen LogP contribution < -0.4 is 5.32 Å². The quantitative estimate of drug-likeness (QED) is 0.440. The Bertz CT molecular complexity index is 382. The monoisotopic (exact) mass is 373 g/mol. The summed E-state index contributed by atoms with van der Waals surface area (Å²) in [5, 5.41) is 3.03. The number of carbonyl (C=O) groups is 2. The van der Waals surface area contributed by atoms with Gasteiger partial charge in [-0.2, -0.15) is 0 Å². The molecule has 0 bridgehead atoms. The number of ether oxygens (including phenoxy) is 4. The summed E-state index contributed by atoms with van der Waals surface area (Å²) in [6.07, 6.45) is 3.88. The molecule has 0 spiro atoms. The van der Waals surface area contributed by atoms with Crippen LogP contribution in [0.5, 0.6) is 0 Å². The Morgan fingerprint density at radius 2 is 1.31 bits per heavy atom. The van der Waals surface area contributed by atoms with Gasteiger partial charge >= 0.3 is 0 Å². The third kappa shape index (κ3) is 11.6. The Hall–Kier alpha value is -1.02. The van der Waals surface area contributed by atoms with Gasteiger partial charge in [-0.25, -0.2) is 0 Å². The largest absolute Gasteiger partial charge is 0.379 e. The molecule has 1 N–H and O–H groups in total. The summed E-state index contributed by atoms with van der Waals surface area (Å²) in [5.41, 5.74) is 0. The molecule has 0 aromatic carbocycles. The minimum Gasteiger partial charge on any atom is -0.379 e. The summed E-state index contributed by atoms with van der Waals surface area (Å²) < 4.78 is 21.3. The number of Topliss-reactive ketones (excluding diaryl/α,β-unsaturated/α-hetero) is 1. The SMILES string of the molecule is CCOCCOCCOCCOCCC(=O)N[C@H]1CC[C@@H](C(C)=O)CC1. The summed E-state index contributed by atoms with van der Waals surface area (Å²) in [4.78, 5) is 23.2. The Labute approximate surface area is 157 Å². The van der Waals surface area contributed by atoms with Crippen LogP contribution in [0.2, 0.25) is 0 Å². The molecule has 0 saturated heterocycles. The summed E-state index contributed by atoms with van der Waals surface area (Å²) in [7, 11) is 0. The van der Waals surface area contributed by atoms with Crippen molar-refractivity contribution < 1.29 is 28.5 Å². The number of hydrogen-bond donors (Lipinski definition) is 1. The Balaban J connectivity index is 1.86. The average Bonchev–Trinajstić information content (AvgIpc) is 2.63. The van der Waals surface area contributed by atoms with Crippen LogP contribution >= 0.6 is 0 Å².